The molecule has 1 atom stereocenters. The highest BCUT2D eigenvalue weighted by atomic mass is 32.2. The van der Waals surface area contributed by atoms with Gasteiger partial charge in [-0.3, -0.25) is 19.7 Å². The molecule has 1 fully saturated rings. The molecule has 1 unspecified atom stereocenters. The van der Waals surface area contributed by atoms with Crippen molar-refractivity contribution in [3.05, 3.63) is 33.9 Å². The zero-order chi connectivity index (χ0) is 19.9. The molecule has 10 heteroatoms. The molecular weight excluding hydrogens is 364 g/mol. The maximum Gasteiger partial charge on any atom is 0.311 e. The number of carboxylic acids is 1. The third-order valence-corrected chi connectivity index (χ3v) is 5.99. The number of amides is 1. The molecule has 1 aliphatic heterocycles. The summed E-state index contributed by atoms with van der Waals surface area (Å²) in [5.74, 6) is -1.84. The van der Waals surface area contributed by atoms with Gasteiger partial charge < -0.3 is 10.0 Å². The van der Waals surface area contributed by atoms with Crippen molar-refractivity contribution in [2.24, 2.45) is 11.3 Å². The Bertz CT molecular complexity index is 879. The number of non-ortho nitro benzene ring substituents is 1. The van der Waals surface area contributed by atoms with E-state index < -0.39 is 37.7 Å². The highest BCUT2D eigenvalue weighted by Gasteiger charge is 2.48. The van der Waals surface area contributed by atoms with E-state index in [2.05, 4.69) is 0 Å². The van der Waals surface area contributed by atoms with Gasteiger partial charge in [0.15, 0.2) is 9.84 Å². The molecule has 9 nitrogen and oxygen atoms in total. The Hall–Kier alpha value is -2.49. The first kappa shape index (κ1) is 19.8. The van der Waals surface area contributed by atoms with Gasteiger partial charge in [-0.05, 0) is 18.4 Å². The van der Waals surface area contributed by atoms with Gasteiger partial charge in [-0.1, -0.05) is 13.8 Å². The van der Waals surface area contributed by atoms with Crippen LogP contribution in [0.15, 0.2) is 23.1 Å². The molecule has 0 saturated carbocycles. The van der Waals surface area contributed by atoms with E-state index in [4.69, 9.17) is 0 Å². The van der Waals surface area contributed by atoms with E-state index in [0.717, 1.165) is 24.5 Å². The molecule has 1 aromatic carbocycles. The summed E-state index contributed by atoms with van der Waals surface area (Å²) < 4.78 is 23.5. The van der Waals surface area contributed by atoms with E-state index in [1.165, 1.54) is 4.90 Å². The highest BCUT2D eigenvalue weighted by Crippen LogP contribution is 2.39. The summed E-state index contributed by atoms with van der Waals surface area (Å²) in [5.41, 5.74) is -1.75. The predicted octanol–water partition coefficient (Wildman–Crippen LogP) is 1.57. The van der Waals surface area contributed by atoms with E-state index in [9.17, 15) is 33.2 Å². The molecule has 1 N–H and O–H groups in total. The van der Waals surface area contributed by atoms with Crippen molar-refractivity contribution in [2.75, 3.05) is 19.3 Å². The summed E-state index contributed by atoms with van der Waals surface area (Å²) in [6.45, 7) is 3.67. The first-order valence-electron chi connectivity index (χ1n) is 7.90. The number of nitro groups is 1. The predicted molar refractivity (Wildman–Crippen MR) is 91.6 cm³/mol. The molecule has 26 heavy (non-hydrogen) atoms. The number of likely N-dealkylation sites (tertiary alicyclic amines) is 1. The summed E-state index contributed by atoms with van der Waals surface area (Å²) in [4.78, 5) is 35.7. The molecule has 1 amide bonds. The molecule has 1 aliphatic rings. The highest BCUT2D eigenvalue weighted by molar-refractivity contribution is 7.90. The number of nitro benzene ring substituents is 1. The molecule has 0 bridgehead atoms. The summed E-state index contributed by atoms with van der Waals surface area (Å²) in [5, 5.41) is 20.6. The minimum Gasteiger partial charge on any atom is -0.481 e. The summed E-state index contributed by atoms with van der Waals surface area (Å²) in [6, 6.07) is 2.99. The SMILES string of the molecule is CC(C)C1(C(=O)O)CCN(C(=O)c2cc([N+](=O)[O-])cc(S(C)(=O)=O)c2)C1. The van der Waals surface area contributed by atoms with Crippen LogP contribution < -0.4 is 0 Å². The van der Waals surface area contributed by atoms with Gasteiger partial charge in [0.05, 0.1) is 15.2 Å². The van der Waals surface area contributed by atoms with Crippen molar-refractivity contribution < 1.29 is 28.0 Å². The van der Waals surface area contributed by atoms with Crippen LogP contribution in [0.2, 0.25) is 0 Å². The van der Waals surface area contributed by atoms with Crippen LogP contribution in [0.3, 0.4) is 0 Å². The van der Waals surface area contributed by atoms with Crippen molar-refractivity contribution in [1.82, 2.24) is 4.90 Å². The number of hydrogen-bond acceptors (Lipinski definition) is 6. The molecule has 0 spiro atoms. The first-order chi connectivity index (χ1) is 11.9. The second-order valence-corrected chi connectivity index (χ2v) is 8.85. The molecular formula is C16H20N2O7S. The summed E-state index contributed by atoms with van der Waals surface area (Å²) in [6.07, 6.45) is 1.16. The number of carbonyl (C=O) groups is 2. The van der Waals surface area contributed by atoms with Gasteiger partial charge in [0.1, 0.15) is 0 Å². The summed E-state index contributed by atoms with van der Waals surface area (Å²) in [7, 11) is -3.76. The number of benzene rings is 1. The Labute approximate surface area is 150 Å². The monoisotopic (exact) mass is 384 g/mol. The topological polar surface area (TPSA) is 135 Å². The number of carboxylic acid groups (broad SMARTS) is 1. The number of nitrogens with zero attached hydrogens (tertiary/aromatic N) is 2. The minimum atomic E-state index is -3.76. The number of aliphatic carboxylic acids is 1. The lowest BCUT2D eigenvalue weighted by Gasteiger charge is -2.28. The van der Waals surface area contributed by atoms with Gasteiger partial charge in [0.2, 0.25) is 0 Å². The molecule has 0 aliphatic carbocycles. The van der Waals surface area contributed by atoms with Crippen molar-refractivity contribution >= 4 is 27.4 Å². The van der Waals surface area contributed by atoms with Crippen molar-refractivity contribution in [1.29, 1.82) is 0 Å². The van der Waals surface area contributed by atoms with Crippen molar-refractivity contribution in [3.8, 4) is 0 Å². The fourth-order valence-electron chi connectivity index (χ4n) is 3.11. The average molecular weight is 384 g/mol. The molecule has 2 rings (SSSR count). The fourth-order valence-corrected chi connectivity index (χ4v) is 3.78. The van der Waals surface area contributed by atoms with E-state index in [0.29, 0.717) is 0 Å². The zero-order valence-corrected chi connectivity index (χ0v) is 15.4. The van der Waals surface area contributed by atoms with Crippen LogP contribution in [-0.2, 0) is 14.6 Å². The fraction of sp³-hybridized carbons (Fsp3) is 0.500. The Morgan fingerprint density at radius 2 is 1.92 bits per heavy atom. The quantitative estimate of drug-likeness (QED) is 0.601. The molecule has 1 heterocycles. The molecule has 0 aromatic heterocycles. The zero-order valence-electron chi connectivity index (χ0n) is 14.6. The Morgan fingerprint density at radius 3 is 2.35 bits per heavy atom. The molecule has 142 valence electrons. The Kier molecular flexibility index (Phi) is 5.09. The largest absolute Gasteiger partial charge is 0.481 e. The van der Waals surface area contributed by atoms with E-state index in [1.807, 2.05) is 0 Å². The molecule has 1 aromatic rings. The maximum absolute atomic E-state index is 12.7. The van der Waals surface area contributed by atoms with Crippen LogP contribution in [0.25, 0.3) is 0 Å². The lowest BCUT2D eigenvalue weighted by atomic mass is 9.76. The number of carbonyl (C=O) groups excluding carboxylic acids is 1. The summed E-state index contributed by atoms with van der Waals surface area (Å²) >= 11 is 0. The number of sulfone groups is 1. The van der Waals surface area contributed by atoms with Gasteiger partial charge in [-0.15, -0.1) is 0 Å². The number of rotatable bonds is 5. The van der Waals surface area contributed by atoms with Crippen LogP contribution >= 0.6 is 0 Å². The second-order valence-electron chi connectivity index (χ2n) is 6.84. The van der Waals surface area contributed by atoms with Gasteiger partial charge >= 0.3 is 5.97 Å². The third-order valence-electron chi connectivity index (χ3n) is 4.90. The van der Waals surface area contributed by atoms with Gasteiger partial charge in [-0.2, -0.15) is 0 Å². The first-order valence-corrected chi connectivity index (χ1v) is 9.80. The van der Waals surface area contributed by atoms with Gasteiger partial charge in [0.25, 0.3) is 11.6 Å². The van der Waals surface area contributed by atoms with Crippen molar-refractivity contribution in [2.45, 2.75) is 25.2 Å². The average Bonchev–Trinajstić information content (AvgIpc) is 2.99. The van der Waals surface area contributed by atoms with Crippen LogP contribution in [0, 0.1) is 21.4 Å². The maximum atomic E-state index is 12.7. The Morgan fingerprint density at radius 1 is 1.31 bits per heavy atom. The van der Waals surface area contributed by atoms with Crippen LogP contribution in [-0.4, -0.2) is 54.6 Å². The standard InChI is InChI=1S/C16H20N2O7S/c1-10(2)16(15(20)21)4-5-17(9-16)14(19)11-6-12(18(22)23)8-13(7-11)26(3,24)25/h6-8,10H,4-5,9H2,1-3H3,(H,20,21). The molecule has 0 radical (unpaired) electrons. The molecule has 1 saturated heterocycles. The smallest absolute Gasteiger partial charge is 0.311 e. The lowest BCUT2D eigenvalue weighted by Crippen LogP contribution is -2.40. The lowest BCUT2D eigenvalue weighted by molar-refractivity contribution is -0.385. The van der Waals surface area contributed by atoms with Crippen LogP contribution in [0.5, 0.6) is 0 Å². The van der Waals surface area contributed by atoms with E-state index in [1.54, 1.807) is 13.8 Å². The minimum absolute atomic E-state index is 0.0320. The number of hydrogen-bond donors (Lipinski definition) is 1. The van der Waals surface area contributed by atoms with Gasteiger partial charge in [-0.25, -0.2) is 8.42 Å². The second kappa shape index (κ2) is 6.67. The third kappa shape index (κ3) is 3.55. The Balaban J connectivity index is 2.43. The van der Waals surface area contributed by atoms with Crippen LogP contribution in [0.4, 0.5) is 5.69 Å². The van der Waals surface area contributed by atoms with E-state index >= 15 is 0 Å². The normalized spacial score (nSPS) is 20.4. The van der Waals surface area contributed by atoms with Gasteiger partial charge in [0, 0.05) is 37.0 Å². The van der Waals surface area contributed by atoms with Crippen molar-refractivity contribution in [3.63, 3.8) is 0 Å². The van der Waals surface area contributed by atoms with E-state index in [-0.39, 0.29) is 35.9 Å². The van der Waals surface area contributed by atoms with Crippen LogP contribution in [0.1, 0.15) is 30.6 Å².